The number of carbonyl (C=O) groups excluding carboxylic acids is 1. The number of halogens is 2. The van der Waals surface area contributed by atoms with Crippen molar-refractivity contribution in [1.29, 1.82) is 0 Å². The number of alkyl halides is 2. The first-order valence-corrected chi connectivity index (χ1v) is 6.07. The lowest BCUT2D eigenvalue weighted by atomic mass is 9.84. The number of methoxy groups -OCH3 is 1. The molecule has 2 aliphatic rings. The summed E-state index contributed by atoms with van der Waals surface area (Å²) in [7, 11) is 1.51. The zero-order valence-corrected chi connectivity index (χ0v) is 10.8. The van der Waals surface area contributed by atoms with Crippen LogP contribution < -0.4 is 0 Å². The van der Waals surface area contributed by atoms with Gasteiger partial charge in [-0.15, -0.1) is 0 Å². The van der Waals surface area contributed by atoms with E-state index in [2.05, 4.69) is 6.92 Å². The predicted octanol–water partition coefficient (Wildman–Crippen LogP) is 2.81. The molecule has 1 aliphatic heterocycles. The van der Waals surface area contributed by atoms with Gasteiger partial charge in [0.2, 0.25) is 4.33 Å². The number of carbonyl (C=O) groups is 1. The van der Waals surface area contributed by atoms with Crippen molar-refractivity contribution in [1.82, 2.24) is 0 Å². The van der Waals surface area contributed by atoms with Crippen molar-refractivity contribution in [3.8, 4) is 0 Å². The highest BCUT2D eigenvalue weighted by atomic mass is 35.5. The van der Waals surface area contributed by atoms with Crippen LogP contribution in [0.25, 0.3) is 0 Å². The zero-order chi connectivity index (χ0) is 11.9. The zero-order valence-electron chi connectivity index (χ0n) is 9.26. The van der Waals surface area contributed by atoms with E-state index in [1.165, 1.54) is 7.11 Å². The Morgan fingerprint density at radius 3 is 2.81 bits per heavy atom. The Kier molecular flexibility index (Phi) is 3.21. The Bertz CT molecular complexity index is 349. The third-order valence-corrected chi connectivity index (χ3v) is 3.87. The molecule has 2 atom stereocenters. The number of allylic oxidation sites excluding steroid dienone is 1. The lowest BCUT2D eigenvalue weighted by Gasteiger charge is -2.38. The molecule has 0 N–H and O–H groups in total. The van der Waals surface area contributed by atoms with Gasteiger partial charge in [-0.25, -0.2) is 4.79 Å². The van der Waals surface area contributed by atoms with Crippen LogP contribution in [-0.4, -0.2) is 23.5 Å². The molecular weight excluding hydrogens is 251 g/mol. The predicted molar refractivity (Wildman–Crippen MR) is 61.4 cm³/mol. The number of hydrogen-bond acceptors (Lipinski definition) is 3. The van der Waals surface area contributed by atoms with Crippen LogP contribution in [0.5, 0.6) is 0 Å². The van der Waals surface area contributed by atoms with Gasteiger partial charge in [-0.1, -0.05) is 30.1 Å². The smallest absolute Gasteiger partial charge is 0.350 e. The van der Waals surface area contributed by atoms with Crippen molar-refractivity contribution in [2.24, 2.45) is 5.92 Å². The molecule has 2 rings (SSSR count). The van der Waals surface area contributed by atoms with Crippen molar-refractivity contribution in [2.45, 2.75) is 36.6 Å². The molecule has 16 heavy (non-hydrogen) atoms. The van der Waals surface area contributed by atoms with Gasteiger partial charge in [0.1, 0.15) is 11.9 Å². The molecule has 0 bridgehead atoms. The molecule has 0 saturated heterocycles. The normalized spacial score (nSPS) is 33.4. The van der Waals surface area contributed by atoms with E-state index in [0.29, 0.717) is 11.7 Å². The maximum Gasteiger partial charge on any atom is 0.350 e. The summed E-state index contributed by atoms with van der Waals surface area (Å²) in [5.41, 5.74) is 0.936. The first kappa shape index (κ1) is 12.2. The van der Waals surface area contributed by atoms with Gasteiger partial charge >= 0.3 is 5.97 Å². The Hall–Kier alpha value is -0.250. The SMILES string of the molecule is COC1C2=C(CCC(C)C2)OC(=O)C1(Cl)Cl. The van der Waals surface area contributed by atoms with Crippen LogP contribution in [0.4, 0.5) is 0 Å². The molecule has 0 amide bonds. The maximum absolute atomic E-state index is 11.6. The molecular formula is C11H14Cl2O3. The number of ether oxygens (including phenoxy) is 2. The average Bonchev–Trinajstić information content (AvgIpc) is 2.21. The largest absolute Gasteiger partial charge is 0.429 e. The Labute approximate surface area is 105 Å². The second-order valence-electron chi connectivity index (χ2n) is 4.42. The topological polar surface area (TPSA) is 35.5 Å². The molecule has 1 heterocycles. The Morgan fingerprint density at radius 1 is 1.50 bits per heavy atom. The molecule has 0 aromatic heterocycles. The lowest BCUT2D eigenvalue weighted by molar-refractivity contribution is -0.146. The molecule has 3 nitrogen and oxygen atoms in total. The third-order valence-electron chi connectivity index (χ3n) is 3.16. The van der Waals surface area contributed by atoms with Crippen molar-refractivity contribution in [2.75, 3.05) is 7.11 Å². The van der Waals surface area contributed by atoms with Gasteiger partial charge in [0, 0.05) is 19.1 Å². The lowest BCUT2D eigenvalue weighted by Crippen LogP contribution is -2.47. The number of esters is 1. The molecule has 0 spiro atoms. The fourth-order valence-electron chi connectivity index (χ4n) is 2.30. The van der Waals surface area contributed by atoms with Gasteiger partial charge in [-0.2, -0.15) is 0 Å². The molecule has 1 aliphatic carbocycles. The van der Waals surface area contributed by atoms with Crippen molar-refractivity contribution >= 4 is 29.2 Å². The molecule has 0 fully saturated rings. The van der Waals surface area contributed by atoms with Crippen LogP contribution >= 0.6 is 23.2 Å². The maximum atomic E-state index is 11.6. The van der Waals surface area contributed by atoms with Gasteiger partial charge in [-0.3, -0.25) is 0 Å². The molecule has 5 heteroatoms. The summed E-state index contributed by atoms with van der Waals surface area (Å²) in [5.74, 6) is 0.611. The molecule has 0 aromatic carbocycles. The molecule has 0 radical (unpaired) electrons. The van der Waals surface area contributed by atoms with Crippen molar-refractivity contribution in [3.05, 3.63) is 11.3 Å². The number of hydrogen-bond donors (Lipinski definition) is 0. The summed E-state index contributed by atoms with van der Waals surface area (Å²) in [5, 5.41) is 0. The standard InChI is InChI=1S/C11H14Cl2O3/c1-6-3-4-8-7(5-6)9(15-2)11(12,13)10(14)16-8/h6,9H,3-5H2,1-2H3. The van der Waals surface area contributed by atoms with E-state index in [1.807, 2.05) is 0 Å². The van der Waals surface area contributed by atoms with E-state index in [-0.39, 0.29) is 0 Å². The summed E-state index contributed by atoms with van der Waals surface area (Å²) in [4.78, 5) is 11.6. The van der Waals surface area contributed by atoms with Gasteiger partial charge in [0.25, 0.3) is 0 Å². The summed E-state index contributed by atoms with van der Waals surface area (Å²) in [6.07, 6.45) is 2.00. The Balaban J connectivity index is 2.39. The number of rotatable bonds is 1. The quantitative estimate of drug-likeness (QED) is 0.540. The molecule has 90 valence electrons. The highest BCUT2D eigenvalue weighted by molar-refractivity contribution is 6.58. The minimum atomic E-state index is -1.62. The monoisotopic (exact) mass is 264 g/mol. The van der Waals surface area contributed by atoms with E-state index in [4.69, 9.17) is 32.7 Å². The highest BCUT2D eigenvalue weighted by Gasteiger charge is 2.51. The van der Waals surface area contributed by atoms with Crippen LogP contribution in [0.3, 0.4) is 0 Å². The van der Waals surface area contributed by atoms with Gasteiger partial charge in [-0.05, 0) is 18.8 Å². The van der Waals surface area contributed by atoms with Crippen LogP contribution in [0.1, 0.15) is 26.2 Å². The van der Waals surface area contributed by atoms with Crippen LogP contribution in [-0.2, 0) is 14.3 Å². The van der Waals surface area contributed by atoms with E-state index in [0.717, 1.165) is 24.8 Å². The second kappa shape index (κ2) is 4.21. The first-order valence-electron chi connectivity index (χ1n) is 5.31. The van der Waals surface area contributed by atoms with Crippen LogP contribution in [0.2, 0.25) is 0 Å². The minimum absolute atomic E-state index is 0.539. The van der Waals surface area contributed by atoms with E-state index < -0.39 is 16.4 Å². The van der Waals surface area contributed by atoms with Crippen LogP contribution in [0.15, 0.2) is 11.3 Å². The van der Waals surface area contributed by atoms with Gasteiger partial charge in [0.05, 0.1) is 0 Å². The average molecular weight is 265 g/mol. The van der Waals surface area contributed by atoms with E-state index in [1.54, 1.807) is 0 Å². The highest BCUT2D eigenvalue weighted by Crippen LogP contribution is 2.44. The first-order chi connectivity index (χ1) is 7.46. The summed E-state index contributed by atoms with van der Waals surface area (Å²) >= 11 is 12.0. The fraction of sp³-hybridized carbons (Fsp3) is 0.727. The van der Waals surface area contributed by atoms with E-state index in [9.17, 15) is 4.79 Å². The fourth-order valence-corrected chi connectivity index (χ4v) is 2.81. The van der Waals surface area contributed by atoms with Gasteiger partial charge < -0.3 is 9.47 Å². The second-order valence-corrected chi connectivity index (χ2v) is 5.81. The molecule has 0 saturated carbocycles. The summed E-state index contributed by atoms with van der Waals surface area (Å²) in [6.45, 7) is 2.15. The summed E-state index contributed by atoms with van der Waals surface area (Å²) < 4.78 is 8.83. The molecule has 2 unspecified atom stereocenters. The van der Waals surface area contributed by atoms with Crippen molar-refractivity contribution < 1.29 is 14.3 Å². The summed E-state index contributed by atoms with van der Waals surface area (Å²) in [6, 6.07) is 0. The van der Waals surface area contributed by atoms with Crippen LogP contribution in [0, 0.1) is 5.92 Å². The third kappa shape index (κ3) is 1.85. The van der Waals surface area contributed by atoms with Gasteiger partial charge in [0.15, 0.2) is 0 Å². The minimum Gasteiger partial charge on any atom is -0.429 e. The molecule has 0 aromatic rings. The Morgan fingerprint density at radius 2 is 2.19 bits per heavy atom. The van der Waals surface area contributed by atoms with E-state index >= 15 is 0 Å². The van der Waals surface area contributed by atoms with Crippen molar-refractivity contribution in [3.63, 3.8) is 0 Å².